The average molecular weight is 264 g/mol. The molecule has 0 aliphatic heterocycles. The predicted octanol–water partition coefficient (Wildman–Crippen LogP) is 1.97. The zero-order valence-electron chi connectivity index (χ0n) is 13.0. The minimum atomic E-state index is 0.495. The van der Waals surface area contributed by atoms with Crippen molar-refractivity contribution in [3.8, 4) is 0 Å². The number of nitrogens with one attached hydrogen (secondary N) is 1. The van der Waals surface area contributed by atoms with Gasteiger partial charge in [0.25, 0.3) is 0 Å². The Bertz CT molecular complexity index is 365. The van der Waals surface area contributed by atoms with E-state index in [9.17, 15) is 0 Å². The summed E-state index contributed by atoms with van der Waals surface area (Å²) in [5.41, 5.74) is 2.37. The molecule has 0 aliphatic carbocycles. The van der Waals surface area contributed by atoms with Gasteiger partial charge in [0.15, 0.2) is 0 Å². The molecule has 1 unspecified atom stereocenters. The van der Waals surface area contributed by atoms with Crippen molar-refractivity contribution in [1.82, 2.24) is 15.2 Å². The maximum Gasteiger partial charge on any atom is 0.0562 e. The smallest absolute Gasteiger partial charge is 0.0562 e. The monoisotopic (exact) mass is 264 g/mol. The van der Waals surface area contributed by atoms with Crippen LogP contribution in [0.25, 0.3) is 0 Å². The van der Waals surface area contributed by atoms with Crippen molar-refractivity contribution < 1.29 is 0 Å². The molecule has 0 aromatic carbocycles. The zero-order valence-corrected chi connectivity index (χ0v) is 13.0. The van der Waals surface area contributed by atoms with E-state index >= 15 is 0 Å². The number of nitrogens with zero attached hydrogens (tertiary/aromatic N) is 3. The second-order valence-corrected chi connectivity index (χ2v) is 5.18. The number of aromatic nitrogens is 1. The van der Waals surface area contributed by atoms with Crippen molar-refractivity contribution in [1.29, 1.82) is 0 Å². The van der Waals surface area contributed by atoms with Gasteiger partial charge in [-0.15, -0.1) is 0 Å². The highest BCUT2D eigenvalue weighted by Crippen LogP contribution is 2.17. The van der Waals surface area contributed by atoms with Crippen molar-refractivity contribution in [3.63, 3.8) is 0 Å². The first-order valence-corrected chi connectivity index (χ1v) is 7.15. The molecule has 1 rings (SSSR count). The summed E-state index contributed by atoms with van der Waals surface area (Å²) in [5.74, 6) is 0. The molecule has 1 aromatic rings. The van der Waals surface area contributed by atoms with Crippen molar-refractivity contribution in [2.24, 2.45) is 0 Å². The zero-order chi connectivity index (χ0) is 14.3. The third-order valence-corrected chi connectivity index (χ3v) is 3.19. The Labute approximate surface area is 117 Å². The van der Waals surface area contributed by atoms with Gasteiger partial charge in [0, 0.05) is 37.6 Å². The average Bonchev–Trinajstić information content (AvgIpc) is 2.37. The fraction of sp³-hybridized carbons (Fsp3) is 0.667. The summed E-state index contributed by atoms with van der Waals surface area (Å²) in [5, 5.41) is 3.32. The Morgan fingerprint density at radius 1 is 1.32 bits per heavy atom. The van der Waals surface area contributed by atoms with Gasteiger partial charge in [-0.3, -0.25) is 4.98 Å². The summed E-state index contributed by atoms with van der Waals surface area (Å²) in [7, 11) is 4.24. The lowest BCUT2D eigenvalue weighted by Gasteiger charge is -2.32. The van der Waals surface area contributed by atoms with Gasteiger partial charge < -0.3 is 15.1 Å². The molecule has 0 radical (unpaired) electrons. The Hall–Kier alpha value is -1.13. The molecule has 0 aliphatic rings. The summed E-state index contributed by atoms with van der Waals surface area (Å²) in [4.78, 5) is 9.07. The Morgan fingerprint density at radius 3 is 2.63 bits per heavy atom. The summed E-state index contributed by atoms with van der Waals surface area (Å²) in [6, 6.07) is 4.79. The van der Waals surface area contributed by atoms with Crippen LogP contribution in [0.4, 0.5) is 5.69 Å². The number of likely N-dealkylation sites (N-methyl/N-ethyl adjacent to an activating group) is 2. The highest BCUT2D eigenvalue weighted by molar-refractivity contribution is 5.47. The second-order valence-electron chi connectivity index (χ2n) is 5.18. The SMILES string of the molecule is CCNCc1cc(N(CC)C(C)CN(C)C)ccn1. The van der Waals surface area contributed by atoms with E-state index in [1.54, 1.807) is 0 Å². The topological polar surface area (TPSA) is 31.4 Å². The minimum absolute atomic E-state index is 0.495. The normalized spacial score (nSPS) is 12.7. The van der Waals surface area contributed by atoms with Crippen LogP contribution >= 0.6 is 0 Å². The van der Waals surface area contributed by atoms with E-state index in [0.717, 1.165) is 31.9 Å². The first-order chi connectivity index (χ1) is 9.08. The van der Waals surface area contributed by atoms with E-state index in [4.69, 9.17) is 0 Å². The molecule has 0 spiro atoms. The van der Waals surface area contributed by atoms with Gasteiger partial charge in [-0.25, -0.2) is 0 Å². The summed E-state index contributed by atoms with van der Waals surface area (Å²) < 4.78 is 0. The number of pyridine rings is 1. The van der Waals surface area contributed by atoms with Gasteiger partial charge in [0.2, 0.25) is 0 Å². The molecule has 0 bridgehead atoms. The van der Waals surface area contributed by atoms with Gasteiger partial charge in [-0.1, -0.05) is 6.92 Å². The molecule has 0 amide bonds. The van der Waals surface area contributed by atoms with Gasteiger partial charge in [0.1, 0.15) is 0 Å². The number of anilines is 1. The van der Waals surface area contributed by atoms with Gasteiger partial charge in [-0.2, -0.15) is 0 Å². The fourth-order valence-corrected chi connectivity index (χ4v) is 2.37. The molecule has 1 heterocycles. The lowest BCUT2D eigenvalue weighted by molar-refractivity contribution is 0.373. The van der Waals surface area contributed by atoms with Crippen LogP contribution in [-0.2, 0) is 6.54 Å². The van der Waals surface area contributed by atoms with Crippen LogP contribution in [0.2, 0.25) is 0 Å². The molecule has 4 heteroatoms. The fourth-order valence-electron chi connectivity index (χ4n) is 2.37. The third kappa shape index (κ3) is 5.17. The van der Waals surface area contributed by atoms with Crippen LogP contribution in [0, 0.1) is 0 Å². The minimum Gasteiger partial charge on any atom is -0.368 e. The molecule has 1 aromatic heterocycles. The molecule has 0 fully saturated rings. The quantitative estimate of drug-likeness (QED) is 0.778. The molecule has 1 atom stereocenters. The molecule has 4 nitrogen and oxygen atoms in total. The number of rotatable bonds is 8. The summed E-state index contributed by atoms with van der Waals surface area (Å²) in [6.07, 6.45) is 1.91. The van der Waals surface area contributed by atoms with Gasteiger partial charge in [-0.05, 0) is 46.6 Å². The first-order valence-electron chi connectivity index (χ1n) is 7.15. The van der Waals surface area contributed by atoms with Gasteiger partial charge >= 0.3 is 0 Å². The van der Waals surface area contributed by atoms with Crippen LogP contribution in [0.5, 0.6) is 0 Å². The second kappa shape index (κ2) is 8.12. The van der Waals surface area contributed by atoms with Crippen molar-refractivity contribution >= 4 is 5.69 Å². The molecule has 19 heavy (non-hydrogen) atoms. The van der Waals surface area contributed by atoms with E-state index in [-0.39, 0.29) is 0 Å². The largest absolute Gasteiger partial charge is 0.368 e. The number of hydrogen-bond acceptors (Lipinski definition) is 4. The van der Waals surface area contributed by atoms with Gasteiger partial charge in [0.05, 0.1) is 5.69 Å². The Kier molecular flexibility index (Phi) is 6.81. The molecule has 0 saturated carbocycles. The number of hydrogen-bond donors (Lipinski definition) is 1. The van der Waals surface area contributed by atoms with Crippen LogP contribution in [0.1, 0.15) is 26.5 Å². The summed E-state index contributed by atoms with van der Waals surface area (Å²) >= 11 is 0. The molecule has 0 saturated heterocycles. The molecule has 108 valence electrons. The van der Waals surface area contributed by atoms with Crippen molar-refractivity contribution in [2.75, 3.05) is 38.6 Å². The van der Waals surface area contributed by atoms with E-state index in [1.165, 1.54) is 5.69 Å². The Balaban J connectivity index is 2.79. The third-order valence-electron chi connectivity index (χ3n) is 3.19. The molecular formula is C15H28N4. The van der Waals surface area contributed by atoms with Crippen molar-refractivity contribution in [2.45, 2.75) is 33.4 Å². The van der Waals surface area contributed by atoms with Crippen LogP contribution in [0.15, 0.2) is 18.3 Å². The lowest BCUT2D eigenvalue weighted by atomic mass is 10.2. The standard InChI is InChI=1S/C15H28N4/c1-6-16-11-14-10-15(8-9-17-14)19(7-2)13(3)12-18(4)5/h8-10,13,16H,6-7,11-12H2,1-5H3. The summed E-state index contributed by atoms with van der Waals surface area (Å²) in [6.45, 7) is 10.5. The molecule has 1 N–H and O–H groups in total. The maximum absolute atomic E-state index is 4.41. The maximum atomic E-state index is 4.41. The van der Waals surface area contributed by atoms with Crippen LogP contribution in [-0.4, -0.2) is 49.7 Å². The van der Waals surface area contributed by atoms with Crippen molar-refractivity contribution in [3.05, 3.63) is 24.0 Å². The van der Waals surface area contributed by atoms with E-state index < -0.39 is 0 Å². The van der Waals surface area contributed by atoms with E-state index in [1.807, 2.05) is 6.20 Å². The lowest BCUT2D eigenvalue weighted by Crippen LogP contribution is -2.40. The first kappa shape index (κ1) is 15.9. The predicted molar refractivity (Wildman–Crippen MR) is 82.7 cm³/mol. The molecular weight excluding hydrogens is 236 g/mol. The highest BCUT2D eigenvalue weighted by atomic mass is 15.2. The Morgan fingerprint density at radius 2 is 2.05 bits per heavy atom. The van der Waals surface area contributed by atoms with E-state index in [2.05, 4.69) is 67.1 Å². The highest BCUT2D eigenvalue weighted by Gasteiger charge is 2.14. The van der Waals surface area contributed by atoms with Crippen LogP contribution < -0.4 is 10.2 Å². The van der Waals surface area contributed by atoms with Crippen LogP contribution in [0.3, 0.4) is 0 Å². The van der Waals surface area contributed by atoms with E-state index in [0.29, 0.717) is 6.04 Å².